The van der Waals surface area contributed by atoms with Crippen molar-refractivity contribution in [2.24, 2.45) is 7.05 Å². The van der Waals surface area contributed by atoms with Crippen LogP contribution in [-0.4, -0.2) is 72.4 Å². The lowest BCUT2D eigenvalue weighted by molar-refractivity contribution is 0.0589. The van der Waals surface area contributed by atoms with Crippen molar-refractivity contribution in [1.29, 1.82) is 0 Å². The van der Waals surface area contributed by atoms with Gasteiger partial charge in [0.15, 0.2) is 9.84 Å². The molecule has 0 bridgehead atoms. The lowest BCUT2D eigenvalue weighted by atomic mass is 10.1. The SMILES string of the molecule is Cn1ccc2c(C(=O)N3CCN([C@H]4CCS(=O)(=O)C4)CC3)cccc21. The Hall–Kier alpha value is -1.86. The Kier molecular flexibility index (Phi) is 4.08. The Bertz CT molecular complexity index is 911. The van der Waals surface area contributed by atoms with Crippen molar-refractivity contribution in [3.05, 3.63) is 36.0 Å². The van der Waals surface area contributed by atoms with Crippen molar-refractivity contribution >= 4 is 26.6 Å². The standard InChI is InChI=1S/C18H23N3O3S/c1-19-7-5-15-16(3-2-4-17(15)19)18(22)21-10-8-20(9-11-21)14-6-12-25(23,24)13-14/h2-5,7,14H,6,8-13H2,1H3/t14-/m0/s1. The highest BCUT2D eigenvalue weighted by Crippen LogP contribution is 2.23. The van der Waals surface area contributed by atoms with Crippen molar-refractivity contribution in [2.75, 3.05) is 37.7 Å². The fraction of sp³-hybridized carbons (Fsp3) is 0.500. The molecular weight excluding hydrogens is 338 g/mol. The van der Waals surface area contributed by atoms with Gasteiger partial charge >= 0.3 is 0 Å². The highest BCUT2D eigenvalue weighted by Gasteiger charge is 2.34. The van der Waals surface area contributed by atoms with E-state index in [1.165, 1.54) is 0 Å². The molecule has 3 heterocycles. The topological polar surface area (TPSA) is 62.6 Å². The molecule has 2 fully saturated rings. The van der Waals surface area contributed by atoms with Crippen molar-refractivity contribution in [1.82, 2.24) is 14.4 Å². The molecule has 2 aromatic rings. The molecule has 2 aliphatic heterocycles. The summed E-state index contributed by atoms with van der Waals surface area (Å²) in [6, 6.07) is 7.95. The van der Waals surface area contributed by atoms with Crippen LogP contribution in [0, 0.1) is 0 Å². The lowest BCUT2D eigenvalue weighted by Crippen LogP contribution is -2.52. The van der Waals surface area contributed by atoms with Crippen molar-refractivity contribution in [3.8, 4) is 0 Å². The summed E-state index contributed by atoms with van der Waals surface area (Å²) in [5.41, 5.74) is 1.80. The third-order valence-corrected chi connectivity index (χ3v) is 7.23. The van der Waals surface area contributed by atoms with E-state index in [0.29, 0.717) is 18.8 Å². The predicted octanol–water partition coefficient (Wildman–Crippen LogP) is 1.12. The smallest absolute Gasteiger partial charge is 0.254 e. The van der Waals surface area contributed by atoms with Crippen LogP contribution in [0.1, 0.15) is 16.8 Å². The Morgan fingerprint density at radius 3 is 2.56 bits per heavy atom. The molecule has 1 amide bonds. The second-order valence-electron chi connectivity index (χ2n) is 7.05. The van der Waals surface area contributed by atoms with Gasteiger partial charge in [0.1, 0.15) is 0 Å². The normalized spacial score (nSPS) is 24.0. The maximum absolute atomic E-state index is 13.0. The molecule has 2 aliphatic rings. The first-order valence-electron chi connectivity index (χ1n) is 8.72. The maximum atomic E-state index is 13.0. The van der Waals surface area contributed by atoms with E-state index >= 15 is 0 Å². The van der Waals surface area contributed by atoms with Gasteiger partial charge in [0.25, 0.3) is 5.91 Å². The predicted molar refractivity (Wildman–Crippen MR) is 97.5 cm³/mol. The van der Waals surface area contributed by atoms with Gasteiger partial charge in [0.2, 0.25) is 0 Å². The van der Waals surface area contributed by atoms with E-state index in [4.69, 9.17) is 0 Å². The first-order chi connectivity index (χ1) is 11.9. The molecule has 2 saturated heterocycles. The fourth-order valence-corrected chi connectivity index (χ4v) is 5.77. The van der Waals surface area contributed by atoms with Gasteiger partial charge in [-0.15, -0.1) is 0 Å². The minimum Gasteiger partial charge on any atom is -0.351 e. The summed E-state index contributed by atoms with van der Waals surface area (Å²) < 4.78 is 25.4. The Labute approximate surface area is 147 Å². The molecule has 0 unspecified atom stereocenters. The number of aromatic nitrogens is 1. The van der Waals surface area contributed by atoms with E-state index in [0.717, 1.165) is 36.0 Å². The van der Waals surface area contributed by atoms with Gasteiger partial charge in [0, 0.05) is 61.9 Å². The molecule has 4 rings (SSSR count). The zero-order valence-corrected chi connectivity index (χ0v) is 15.2. The molecule has 0 spiro atoms. The van der Waals surface area contributed by atoms with Gasteiger partial charge in [0.05, 0.1) is 11.5 Å². The molecule has 0 N–H and O–H groups in total. The largest absolute Gasteiger partial charge is 0.351 e. The fourth-order valence-electron chi connectivity index (χ4n) is 4.01. The van der Waals surface area contributed by atoms with Crippen LogP contribution < -0.4 is 0 Å². The number of piperazine rings is 1. The highest BCUT2D eigenvalue weighted by molar-refractivity contribution is 7.91. The Morgan fingerprint density at radius 2 is 1.88 bits per heavy atom. The van der Waals surface area contributed by atoms with E-state index < -0.39 is 9.84 Å². The van der Waals surface area contributed by atoms with E-state index in [9.17, 15) is 13.2 Å². The van der Waals surface area contributed by atoms with Gasteiger partial charge in [-0.25, -0.2) is 8.42 Å². The number of carbonyl (C=O) groups excluding carboxylic acids is 1. The summed E-state index contributed by atoms with van der Waals surface area (Å²) in [4.78, 5) is 17.1. The average molecular weight is 361 g/mol. The molecule has 1 aromatic heterocycles. The van der Waals surface area contributed by atoms with Crippen LogP contribution in [0.3, 0.4) is 0 Å². The first-order valence-corrected chi connectivity index (χ1v) is 10.5. The molecule has 7 heteroatoms. The molecule has 6 nitrogen and oxygen atoms in total. The number of amides is 1. The monoisotopic (exact) mass is 361 g/mol. The number of fused-ring (bicyclic) bond motifs is 1. The van der Waals surface area contributed by atoms with E-state index in [1.807, 2.05) is 47.0 Å². The summed E-state index contributed by atoms with van der Waals surface area (Å²) in [6.07, 6.45) is 2.69. The summed E-state index contributed by atoms with van der Waals surface area (Å²) >= 11 is 0. The summed E-state index contributed by atoms with van der Waals surface area (Å²) in [5.74, 6) is 0.632. The van der Waals surface area contributed by atoms with Gasteiger partial charge in [-0.1, -0.05) is 6.07 Å². The number of rotatable bonds is 2. The van der Waals surface area contributed by atoms with E-state index in [1.54, 1.807) is 0 Å². The van der Waals surface area contributed by atoms with E-state index in [-0.39, 0.29) is 17.7 Å². The Balaban J connectivity index is 1.46. The van der Waals surface area contributed by atoms with Gasteiger partial charge in [-0.2, -0.15) is 0 Å². The summed E-state index contributed by atoms with van der Waals surface area (Å²) in [6.45, 7) is 2.80. The quantitative estimate of drug-likeness (QED) is 0.804. The molecule has 25 heavy (non-hydrogen) atoms. The van der Waals surface area contributed by atoms with Crippen LogP contribution >= 0.6 is 0 Å². The van der Waals surface area contributed by atoms with Crippen molar-refractivity contribution in [3.63, 3.8) is 0 Å². The second kappa shape index (κ2) is 6.14. The van der Waals surface area contributed by atoms with Gasteiger partial charge in [-0.05, 0) is 24.6 Å². The molecule has 0 saturated carbocycles. The van der Waals surface area contributed by atoms with Crippen LogP contribution in [0.2, 0.25) is 0 Å². The molecule has 0 radical (unpaired) electrons. The minimum absolute atomic E-state index is 0.0653. The molecule has 134 valence electrons. The number of nitrogens with zero attached hydrogens (tertiary/aromatic N) is 3. The second-order valence-corrected chi connectivity index (χ2v) is 9.28. The number of aryl methyl sites for hydroxylation is 1. The molecule has 1 atom stereocenters. The van der Waals surface area contributed by atoms with E-state index in [2.05, 4.69) is 4.90 Å². The number of carbonyl (C=O) groups is 1. The highest BCUT2D eigenvalue weighted by atomic mass is 32.2. The van der Waals surface area contributed by atoms with Crippen LogP contribution in [0.15, 0.2) is 30.5 Å². The summed E-state index contributed by atoms with van der Waals surface area (Å²) in [5, 5.41) is 0.985. The average Bonchev–Trinajstić information content (AvgIpc) is 3.17. The zero-order valence-electron chi connectivity index (χ0n) is 14.4. The molecule has 1 aromatic carbocycles. The number of benzene rings is 1. The van der Waals surface area contributed by atoms with Crippen molar-refractivity contribution in [2.45, 2.75) is 12.5 Å². The van der Waals surface area contributed by atoms with Gasteiger partial charge < -0.3 is 9.47 Å². The number of hydrogen-bond acceptors (Lipinski definition) is 4. The molecule has 0 aliphatic carbocycles. The maximum Gasteiger partial charge on any atom is 0.254 e. The molecular formula is C18H23N3O3S. The zero-order chi connectivity index (χ0) is 17.6. The third kappa shape index (κ3) is 3.06. The van der Waals surface area contributed by atoms with Crippen LogP contribution in [0.4, 0.5) is 0 Å². The first kappa shape index (κ1) is 16.6. The van der Waals surface area contributed by atoms with Crippen LogP contribution in [0.5, 0.6) is 0 Å². The van der Waals surface area contributed by atoms with Gasteiger partial charge in [-0.3, -0.25) is 9.69 Å². The lowest BCUT2D eigenvalue weighted by Gasteiger charge is -2.37. The van der Waals surface area contributed by atoms with Crippen LogP contribution in [-0.2, 0) is 16.9 Å². The van der Waals surface area contributed by atoms with Crippen LogP contribution in [0.25, 0.3) is 10.9 Å². The Morgan fingerprint density at radius 1 is 1.12 bits per heavy atom. The summed E-state index contributed by atoms with van der Waals surface area (Å²) in [7, 11) is -0.887. The number of sulfone groups is 1. The third-order valence-electron chi connectivity index (χ3n) is 5.48. The number of hydrogen-bond donors (Lipinski definition) is 0. The minimum atomic E-state index is -2.86. The van der Waals surface area contributed by atoms with Crippen molar-refractivity contribution < 1.29 is 13.2 Å².